The number of hydrogen-bond donors (Lipinski definition) is 0. The highest BCUT2D eigenvalue weighted by Gasteiger charge is 2.26. The maximum atomic E-state index is 12.2. The van der Waals surface area contributed by atoms with Crippen LogP contribution in [0.1, 0.15) is 5.56 Å². The van der Waals surface area contributed by atoms with Gasteiger partial charge in [0.05, 0.1) is 15.9 Å². The van der Waals surface area contributed by atoms with Crippen LogP contribution >= 0.6 is 0 Å². The smallest absolute Gasteiger partial charge is 0.297 e. The molecule has 0 radical (unpaired) electrons. The maximum absolute atomic E-state index is 12.2. The summed E-state index contributed by atoms with van der Waals surface area (Å²) in [7, 11) is -3.92. The van der Waals surface area contributed by atoms with Gasteiger partial charge >= 0.3 is 0 Å². The van der Waals surface area contributed by atoms with Crippen LogP contribution in [-0.4, -0.2) is 32.7 Å². The summed E-state index contributed by atoms with van der Waals surface area (Å²) >= 11 is 0. The molecule has 0 N–H and O–H groups in total. The molecule has 3 rings (SSSR count). The molecule has 2 aromatic carbocycles. The van der Waals surface area contributed by atoms with E-state index in [9.17, 15) is 18.5 Å². The molecule has 1 aliphatic heterocycles. The van der Waals surface area contributed by atoms with E-state index in [0.717, 1.165) is 5.56 Å². The molecular weight excluding hydrogens is 350 g/mol. The molecule has 0 fully saturated rings. The van der Waals surface area contributed by atoms with Crippen LogP contribution in [0.25, 0.3) is 0 Å². The Labute approximate surface area is 144 Å². The lowest BCUT2D eigenvalue weighted by atomic mass is 10.2. The van der Waals surface area contributed by atoms with Crippen LogP contribution in [-0.2, 0) is 14.3 Å². The summed E-state index contributed by atoms with van der Waals surface area (Å²) in [6, 6.07) is 10.2. The molecule has 0 saturated heterocycles. The second kappa shape index (κ2) is 6.69. The first-order valence-electron chi connectivity index (χ1n) is 7.39. The molecule has 1 unspecified atom stereocenters. The first kappa shape index (κ1) is 17.2. The fourth-order valence-corrected chi connectivity index (χ4v) is 3.17. The van der Waals surface area contributed by atoms with Gasteiger partial charge in [-0.3, -0.25) is 14.3 Å². The number of hydrogen-bond acceptors (Lipinski definition) is 7. The fourth-order valence-electron chi connectivity index (χ4n) is 2.24. The predicted molar refractivity (Wildman–Crippen MR) is 87.3 cm³/mol. The second-order valence-electron chi connectivity index (χ2n) is 5.49. The summed E-state index contributed by atoms with van der Waals surface area (Å²) in [5.41, 5.74) is 0.789. The summed E-state index contributed by atoms with van der Waals surface area (Å²) in [6.45, 7) is 1.66. The highest BCUT2D eigenvalue weighted by molar-refractivity contribution is 7.86. The van der Waals surface area contributed by atoms with Crippen molar-refractivity contribution in [1.29, 1.82) is 0 Å². The number of ether oxygens (including phenoxy) is 2. The van der Waals surface area contributed by atoms with E-state index in [1.807, 2.05) is 6.92 Å². The number of aryl methyl sites for hydroxylation is 1. The van der Waals surface area contributed by atoms with Crippen molar-refractivity contribution in [3.05, 3.63) is 58.1 Å². The van der Waals surface area contributed by atoms with E-state index in [1.54, 1.807) is 12.1 Å². The van der Waals surface area contributed by atoms with Crippen molar-refractivity contribution in [3.8, 4) is 11.5 Å². The molecule has 0 aromatic heterocycles. The number of nitro benzene ring substituents is 1. The average molecular weight is 365 g/mol. The molecule has 0 spiro atoms. The monoisotopic (exact) mass is 365 g/mol. The van der Waals surface area contributed by atoms with E-state index in [0.29, 0.717) is 5.75 Å². The van der Waals surface area contributed by atoms with Gasteiger partial charge in [-0.25, -0.2) is 0 Å². The number of non-ortho nitro benzene ring substituents is 1. The maximum Gasteiger partial charge on any atom is 0.297 e. The number of rotatable bonds is 5. The van der Waals surface area contributed by atoms with Gasteiger partial charge in [-0.1, -0.05) is 17.7 Å². The summed E-state index contributed by atoms with van der Waals surface area (Å²) < 4.78 is 40.3. The van der Waals surface area contributed by atoms with Crippen molar-refractivity contribution in [2.75, 3.05) is 13.2 Å². The molecule has 0 bridgehead atoms. The van der Waals surface area contributed by atoms with Gasteiger partial charge in [0.1, 0.15) is 13.2 Å². The molecule has 1 aliphatic rings. The predicted octanol–water partition coefficient (Wildman–Crippen LogP) is 2.45. The Hall–Kier alpha value is -2.65. The third kappa shape index (κ3) is 3.89. The Kier molecular flexibility index (Phi) is 4.60. The molecule has 0 saturated carbocycles. The number of fused-ring (bicyclic) bond motifs is 1. The zero-order chi connectivity index (χ0) is 18.0. The molecular formula is C16H15NO7S. The zero-order valence-electron chi connectivity index (χ0n) is 13.2. The summed E-state index contributed by atoms with van der Waals surface area (Å²) in [6.07, 6.45) is -0.699. The van der Waals surface area contributed by atoms with Gasteiger partial charge in [0.15, 0.2) is 17.6 Å². The van der Waals surface area contributed by atoms with Gasteiger partial charge in [0.2, 0.25) is 0 Å². The molecule has 9 heteroatoms. The summed E-state index contributed by atoms with van der Waals surface area (Å²) in [5.74, 6) is 0.546. The van der Waals surface area contributed by atoms with Crippen LogP contribution in [0.4, 0.5) is 5.69 Å². The molecule has 8 nitrogen and oxygen atoms in total. The van der Waals surface area contributed by atoms with E-state index in [-0.39, 0.29) is 29.5 Å². The van der Waals surface area contributed by atoms with Crippen molar-refractivity contribution in [1.82, 2.24) is 0 Å². The molecule has 2 aromatic rings. The van der Waals surface area contributed by atoms with Crippen molar-refractivity contribution in [3.63, 3.8) is 0 Å². The average Bonchev–Trinajstić information content (AvgIpc) is 2.59. The molecule has 132 valence electrons. The van der Waals surface area contributed by atoms with Gasteiger partial charge in [0, 0.05) is 6.07 Å². The fraction of sp³-hybridized carbons (Fsp3) is 0.250. The largest absolute Gasteiger partial charge is 0.486 e. The van der Waals surface area contributed by atoms with E-state index in [2.05, 4.69) is 0 Å². The Morgan fingerprint density at radius 1 is 1.20 bits per heavy atom. The quantitative estimate of drug-likeness (QED) is 0.455. The van der Waals surface area contributed by atoms with Crippen LogP contribution in [0.15, 0.2) is 47.4 Å². The molecule has 25 heavy (non-hydrogen) atoms. The normalized spacial score (nSPS) is 16.4. The van der Waals surface area contributed by atoms with Gasteiger partial charge in [-0.2, -0.15) is 8.42 Å². The molecule has 0 aliphatic carbocycles. The topological polar surface area (TPSA) is 105 Å². The first-order chi connectivity index (χ1) is 11.8. The van der Waals surface area contributed by atoms with Crippen molar-refractivity contribution < 1.29 is 27.0 Å². The summed E-state index contributed by atoms with van der Waals surface area (Å²) in [5, 5.41) is 10.8. The number of benzene rings is 2. The van der Waals surface area contributed by atoms with Crippen molar-refractivity contribution in [2.45, 2.75) is 17.9 Å². The highest BCUT2D eigenvalue weighted by atomic mass is 32.2. The Bertz CT molecular complexity index is 893. The Morgan fingerprint density at radius 2 is 1.92 bits per heavy atom. The minimum Gasteiger partial charge on any atom is -0.486 e. The Morgan fingerprint density at radius 3 is 2.60 bits per heavy atom. The summed E-state index contributed by atoms with van der Waals surface area (Å²) in [4.78, 5) is 10.3. The van der Waals surface area contributed by atoms with Crippen LogP contribution in [0.5, 0.6) is 11.5 Å². The lowest BCUT2D eigenvalue weighted by Gasteiger charge is -2.25. The van der Waals surface area contributed by atoms with Gasteiger partial charge in [0.25, 0.3) is 15.8 Å². The first-order valence-corrected chi connectivity index (χ1v) is 8.80. The van der Waals surface area contributed by atoms with Crippen LogP contribution in [0, 0.1) is 17.0 Å². The van der Waals surface area contributed by atoms with Crippen LogP contribution in [0.3, 0.4) is 0 Å². The van der Waals surface area contributed by atoms with E-state index in [4.69, 9.17) is 13.7 Å². The third-order valence-corrected chi connectivity index (χ3v) is 4.87. The Balaban J connectivity index is 1.67. The van der Waals surface area contributed by atoms with E-state index in [1.165, 1.54) is 30.3 Å². The van der Waals surface area contributed by atoms with E-state index < -0.39 is 21.1 Å². The lowest BCUT2D eigenvalue weighted by molar-refractivity contribution is -0.385. The zero-order valence-corrected chi connectivity index (χ0v) is 14.1. The third-order valence-electron chi connectivity index (χ3n) is 3.58. The number of nitro groups is 1. The standard InChI is InChI=1S/C16H15NO7S/c1-11-2-5-14(6-3-11)25(20,21)23-10-13-9-22-15-7-4-12(17(18)19)8-16(15)24-13/h2-8,13H,9-10H2,1H3. The van der Waals surface area contributed by atoms with Crippen LogP contribution < -0.4 is 9.47 Å². The molecule has 1 heterocycles. The van der Waals surface area contributed by atoms with Gasteiger partial charge in [-0.15, -0.1) is 0 Å². The molecule has 1 atom stereocenters. The minimum absolute atomic E-state index is 0.0471. The van der Waals surface area contributed by atoms with Gasteiger partial charge < -0.3 is 9.47 Å². The highest BCUT2D eigenvalue weighted by Crippen LogP contribution is 2.35. The second-order valence-corrected chi connectivity index (χ2v) is 7.11. The van der Waals surface area contributed by atoms with E-state index >= 15 is 0 Å². The molecule has 0 amide bonds. The van der Waals surface area contributed by atoms with Gasteiger partial charge in [-0.05, 0) is 25.1 Å². The SMILES string of the molecule is Cc1ccc(S(=O)(=O)OCC2COc3ccc([N+](=O)[O-])cc3O2)cc1. The number of nitrogens with zero attached hydrogens (tertiary/aromatic N) is 1. The van der Waals surface area contributed by atoms with Crippen LogP contribution in [0.2, 0.25) is 0 Å². The van der Waals surface area contributed by atoms with Crippen molar-refractivity contribution in [2.24, 2.45) is 0 Å². The van der Waals surface area contributed by atoms with Crippen molar-refractivity contribution >= 4 is 15.8 Å². The lowest BCUT2D eigenvalue weighted by Crippen LogP contribution is -2.34. The minimum atomic E-state index is -3.92.